The molecule has 0 saturated carbocycles. The van der Waals surface area contributed by atoms with Crippen LogP contribution in [0.15, 0.2) is 48.5 Å². The fraction of sp³-hybridized carbons (Fsp3) is 0.296. The molecule has 0 fully saturated rings. The monoisotopic (exact) mass is 446 g/mol. The first-order valence-electron chi connectivity index (χ1n) is 9.88. The molecule has 0 N–H and O–H groups in total. The van der Waals surface area contributed by atoms with E-state index in [4.69, 9.17) is 0 Å². The summed E-state index contributed by atoms with van der Waals surface area (Å²) in [5.74, 6) is 0. The predicted molar refractivity (Wildman–Crippen MR) is 124 cm³/mol. The Balaban J connectivity index is 0.000000169. The minimum absolute atomic E-state index is 1.36. The van der Waals surface area contributed by atoms with E-state index in [0.29, 0.717) is 0 Å². The van der Waals surface area contributed by atoms with Crippen LogP contribution in [0.3, 0.4) is 0 Å². The van der Waals surface area contributed by atoms with Gasteiger partial charge in [0.2, 0.25) is 0 Å². The normalized spacial score (nSPS) is 10.4. The van der Waals surface area contributed by atoms with Crippen LogP contribution in [0.4, 0.5) is 0 Å². The topological polar surface area (TPSA) is 0 Å². The Hall–Kier alpha value is -1.59. The van der Waals surface area contributed by atoms with Crippen molar-refractivity contribution in [1.29, 1.82) is 0 Å². The van der Waals surface area contributed by atoms with Crippen LogP contribution in [0.2, 0.25) is 0 Å². The van der Waals surface area contributed by atoms with Crippen molar-refractivity contribution in [1.82, 2.24) is 0 Å². The molecule has 0 atom stereocenters. The first kappa shape index (κ1) is 22.7. The smallest absolute Gasteiger partial charge is 0.0488 e. The van der Waals surface area contributed by atoms with Gasteiger partial charge in [-0.15, -0.1) is 68.1 Å². The fourth-order valence-corrected chi connectivity index (χ4v) is 3.47. The zero-order chi connectivity index (χ0) is 21.0. The molecule has 0 heterocycles. The van der Waals surface area contributed by atoms with Gasteiger partial charge < -0.3 is 0 Å². The SMILES string of the molecule is C[C](C)=[Zr+2].Cc1cc2c(C)ccc(C)c2[cH-]1.Cc1cc2c(C)ccc(C)c2[cH-]1. The van der Waals surface area contributed by atoms with Crippen molar-refractivity contribution >= 4 is 24.8 Å². The van der Waals surface area contributed by atoms with Gasteiger partial charge in [0.1, 0.15) is 0 Å². The van der Waals surface area contributed by atoms with E-state index in [1.54, 1.807) is 24.2 Å². The van der Waals surface area contributed by atoms with Crippen LogP contribution in [0.25, 0.3) is 21.5 Å². The molecule has 28 heavy (non-hydrogen) atoms. The van der Waals surface area contributed by atoms with Crippen LogP contribution in [-0.2, 0) is 24.2 Å². The van der Waals surface area contributed by atoms with Gasteiger partial charge in [0.05, 0.1) is 0 Å². The van der Waals surface area contributed by atoms with Gasteiger partial charge in [-0.2, -0.15) is 12.1 Å². The molecule has 0 aromatic heterocycles. The maximum Gasteiger partial charge on any atom is -0.0488 e. The minimum Gasteiger partial charge on any atom is -0.165 e. The molecular weight excluding hydrogens is 416 g/mol. The molecule has 0 radical (unpaired) electrons. The van der Waals surface area contributed by atoms with E-state index < -0.39 is 0 Å². The van der Waals surface area contributed by atoms with Crippen molar-refractivity contribution in [2.45, 2.75) is 55.4 Å². The summed E-state index contributed by atoms with van der Waals surface area (Å²) in [6.45, 7) is 17.2. The van der Waals surface area contributed by atoms with Crippen molar-refractivity contribution in [2.75, 3.05) is 0 Å². The molecule has 4 aromatic rings. The fourth-order valence-electron chi connectivity index (χ4n) is 3.47. The maximum absolute atomic E-state index is 2.26. The quantitative estimate of drug-likeness (QED) is 0.242. The van der Waals surface area contributed by atoms with E-state index in [1.165, 1.54) is 58.1 Å². The maximum atomic E-state index is 2.26. The number of hydrogen-bond acceptors (Lipinski definition) is 0. The summed E-state index contributed by atoms with van der Waals surface area (Å²) in [5.41, 5.74) is 8.24. The number of fused-ring (bicyclic) bond motifs is 2. The van der Waals surface area contributed by atoms with E-state index in [0.717, 1.165) is 0 Å². The van der Waals surface area contributed by atoms with E-state index in [-0.39, 0.29) is 0 Å². The van der Waals surface area contributed by atoms with Crippen LogP contribution in [0.1, 0.15) is 47.2 Å². The van der Waals surface area contributed by atoms with Gasteiger partial charge in [-0.1, -0.05) is 51.0 Å². The molecule has 0 bridgehead atoms. The zero-order valence-electron chi connectivity index (χ0n) is 18.6. The van der Waals surface area contributed by atoms with Gasteiger partial charge >= 0.3 is 41.3 Å². The minimum atomic E-state index is 1.36. The average Bonchev–Trinajstić information content (AvgIpc) is 3.19. The van der Waals surface area contributed by atoms with E-state index in [9.17, 15) is 0 Å². The molecule has 0 spiro atoms. The second-order valence-electron chi connectivity index (χ2n) is 8.12. The van der Waals surface area contributed by atoms with E-state index in [1.807, 2.05) is 0 Å². The second-order valence-corrected chi connectivity index (χ2v) is 10.6. The van der Waals surface area contributed by atoms with Crippen molar-refractivity contribution in [2.24, 2.45) is 0 Å². The van der Waals surface area contributed by atoms with Crippen molar-refractivity contribution in [3.63, 3.8) is 0 Å². The Kier molecular flexibility index (Phi) is 7.90. The Labute approximate surface area is 185 Å². The Bertz CT molecular complexity index is 936. The number of rotatable bonds is 0. The van der Waals surface area contributed by atoms with Crippen molar-refractivity contribution < 1.29 is 24.2 Å². The summed E-state index contributed by atoms with van der Waals surface area (Å²) >= 11 is 1.55. The molecule has 4 rings (SSSR count). The first-order valence-corrected chi connectivity index (χ1v) is 11.1. The zero-order valence-corrected chi connectivity index (χ0v) is 21.1. The first-order chi connectivity index (χ1) is 13.1. The third-order valence-electron chi connectivity index (χ3n) is 4.93. The summed E-state index contributed by atoms with van der Waals surface area (Å²) in [6.07, 6.45) is 0. The Morgan fingerprint density at radius 2 is 0.893 bits per heavy atom. The molecule has 0 saturated heterocycles. The third kappa shape index (κ3) is 5.71. The number of benzene rings is 2. The largest absolute Gasteiger partial charge is 0.165 e. The molecular formula is C27H32Zr. The summed E-state index contributed by atoms with van der Waals surface area (Å²) in [7, 11) is 0. The summed E-state index contributed by atoms with van der Waals surface area (Å²) < 4.78 is 1.51. The Morgan fingerprint density at radius 3 is 1.18 bits per heavy atom. The summed E-state index contributed by atoms with van der Waals surface area (Å²) in [5, 5.41) is 5.64. The third-order valence-corrected chi connectivity index (χ3v) is 4.93. The molecule has 1 heteroatoms. The predicted octanol–water partition coefficient (Wildman–Crippen LogP) is 7.71. The van der Waals surface area contributed by atoms with Gasteiger partial charge in [-0.05, 0) is 13.8 Å². The molecule has 144 valence electrons. The van der Waals surface area contributed by atoms with Crippen molar-refractivity contribution in [3.05, 3.63) is 81.9 Å². The van der Waals surface area contributed by atoms with Crippen LogP contribution in [0, 0.1) is 41.5 Å². The Morgan fingerprint density at radius 1 is 0.607 bits per heavy atom. The van der Waals surface area contributed by atoms with Crippen LogP contribution >= 0.6 is 0 Å². The molecule has 0 unspecified atom stereocenters. The van der Waals surface area contributed by atoms with Crippen LogP contribution in [-0.4, -0.2) is 3.21 Å². The van der Waals surface area contributed by atoms with E-state index in [2.05, 4.69) is 104 Å². The molecule has 0 amide bonds. The number of aryl methyl sites for hydroxylation is 6. The van der Waals surface area contributed by atoms with Crippen molar-refractivity contribution in [3.8, 4) is 0 Å². The molecule has 4 aromatic carbocycles. The van der Waals surface area contributed by atoms with Gasteiger partial charge in [0.15, 0.2) is 0 Å². The molecule has 0 aliphatic carbocycles. The van der Waals surface area contributed by atoms with Gasteiger partial charge in [-0.3, -0.25) is 0 Å². The summed E-state index contributed by atoms with van der Waals surface area (Å²) in [4.78, 5) is 0. The van der Waals surface area contributed by atoms with Gasteiger partial charge in [0.25, 0.3) is 0 Å². The molecule has 0 aliphatic rings. The average molecular weight is 448 g/mol. The van der Waals surface area contributed by atoms with Gasteiger partial charge in [-0.25, -0.2) is 0 Å². The second kappa shape index (κ2) is 9.75. The molecule has 0 nitrogen and oxygen atoms in total. The molecule has 0 aliphatic heterocycles. The van der Waals surface area contributed by atoms with Gasteiger partial charge in [0, 0.05) is 0 Å². The van der Waals surface area contributed by atoms with E-state index >= 15 is 0 Å². The number of hydrogen-bond donors (Lipinski definition) is 0. The van der Waals surface area contributed by atoms with Crippen LogP contribution < -0.4 is 0 Å². The standard InChI is InChI=1S/2C12H13.C3H6.Zr/c2*1-8-6-11-9(2)4-5-10(3)12(11)7-8;1-3-2;/h2*4-7H,1-3H3;1-2H3;/q2*-1;;+2. The summed E-state index contributed by atoms with van der Waals surface area (Å²) in [6, 6.07) is 17.8. The van der Waals surface area contributed by atoms with Crippen LogP contribution in [0.5, 0.6) is 0 Å².